The summed E-state index contributed by atoms with van der Waals surface area (Å²) in [6, 6.07) is 16.7. The molecule has 2 heterocycles. The van der Waals surface area contributed by atoms with Crippen LogP contribution in [0, 0.1) is 0 Å². The van der Waals surface area contributed by atoms with Crippen LogP contribution in [-0.4, -0.2) is 50.2 Å². The fourth-order valence-corrected chi connectivity index (χ4v) is 4.77. The lowest BCUT2D eigenvalue weighted by Crippen LogP contribution is -2.46. The number of likely N-dealkylation sites (tertiary alicyclic amines) is 1. The Hall–Kier alpha value is -2.74. The van der Waals surface area contributed by atoms with Crippen LogP contribution in [0.2, 0.25) is 5.02 Å². The van der Waals surface area contributed by atoms with E-state index in [0.717, 1.165) is 18.5 Å². The zero-order valence-electron chi connectivity index (χ0n) is 20.1. The highest BCUT2D eigenvalue weighted by atomic mass is 35.5. The van der Waals surface area contributed by atoms with E-state index in [0.29, 0.717) is 29.2 Å². The Balaban J connectivity index is 1.43. The number of hydrogen-bond donors (Lipinski definition) is 1. The van der Waals surface area contributed by atoms with Crippen molar-refractivity contribution in [2.45, 2.75) is 63.8 Å². The van der Waals surface area contributed by atoms with E-state index in [1.165, 1.54) is 19.3 Å². The number of carbonyl (C=O) groups excluding carboxylic acids is 1. The van der Waals surface area contributed by atoms with Crippen LogP contribution < -0.4 is 0 Å². The first-order valence-electron chi connectivity index (χ1n) is 12.4. The molecule has 0 saturated carbocycles. The number of ether oxygens (including phenoxy) is 1. The second kappa shape index (κ2) is 12.3. The highest BCUT2D eigenvalue weighted by Gasteiger charge is 2.36. The van der Waals surface area contributed by atoms with E-state index in [4.69, 9.17) is 16.3 Å². The molecule has 3 atom stereocenters. The molecule has 1 N–H and O–H groups in total. The van der Waals surface area contributed by atoms with Gasteiger partial charge in [0.25, 0.3) is 0 Å². The molecule has 8 heteroatoms. The van der Waals surface area contributed by atoms with E-state index >= 15 is 0 Å². The lowest BCUT2D eigenvalue weighted by molar-refractivity contribution is -0.00778. The third kappa shape index (κ3) is 6.69. The summed E-state index contributed by atoms with van der Waals surface area (Å²) >= 11 is 6.11. The van der Waals surface area contributed by atoms with Crippen molar-refractivity contribution in [2.24, 2.45) is 0 Å². The molecule has 0 aliphatic carbocycles. The lowest BCUT2D eigenvalue weighted by atomic mass is 9.90. The number of unbranched alkanes of at least 4 members (excludes halogenated alkanes) is 3. The maximum absolute atomic E-state index is 12.2. The molecular weight excluding hydrogens is 464 g/mol. The van der Waals surface area contributed by atoms with Crippen LogP contribution in [0.15, 0.2) is 60.8 Å². The van der Waals surface area contributed by atoms with Gasteiger partial charge in [-0.2, -0.15) is 0 Å². The maximum atomic E-state index is 12.2. The van der Waals surface area contributed by atoms with Crippen molar-refractivity contribution >= 4 is 17.6 Å². The van der Waals surface area contributed by atoms with Crippen LogP contribution in [-0.2, 0) is 11.3 Å². The summed E-state index contributed by atoms with van der Waals surface area (Å²) in [6.07, 6.45) is 6.50. The molecule has 186 valence electrons. The Labute approximate surface area is 211 Å². The Kier molecular flexibility index (Phi) is 8.90. The molecule has 4 rings (SSSR count). The molecule has 2 aromatic carbocycles. The maximum Gasteiger partial charge on any atom is 0.338 e. The third-order valence-corrected chi connectivity index (χ3v) is 6.84. The predicted molar refractivity (Wildman–Crippen MR) is 135 cm³/mol. The van der Waals surface area contributed by atoms with Gasteiger partial charge in [-0.3, -0.25) is 4.90 Å². The topological polar surface area (TPSA) is 80.5 Å². The molecule has 0 spiro atoms. The monoisotopic (exact) mass is 496 g/mol. The van der Waals surface area contributed by atoms with Gasteiger partial charge in [-0.25, -0.2) is 9.48 Å². The Morgan fingerprint density at radius 2 is 1.89 bits per heavy atom. The number of aromatic nitrogens is 3. The number of aliphatic hydroxyl groups excluding tert-OH is 1. The highest BCUT2D eigenvalue weighted by Crippen LogP contribution is 2.36. The van der Waals surface area contributed by atoms with Crippen molar-refractivity contribution in [3.63, 3.8) is 0 Å². The molecule has 0 bridgehead atoms. The summed E-state index contributed by atoms with van der Waals surface area (Å²) in [5.74, 6) is -0.401. The van der Waals surface area contributed by atoms with E-state index in [1.54, 1.807) is 35.1 Å². The van der Waals surface area contributed by atoms with Crippen molar-refractivity contribution in [3.8, 4) is 0 Å². The van der Waals surface area contributed by atoms with Gasteiger partial charge in [0.1, 0.15) is 12.3 Å². The number of esters is 1. The average Bonchev–Trinajstić information content (AvgIpc) is 3.35. The first-order chi connectivity index (χ1) is 17.0. The van der Waals surface area contributed by atoms with Gasteiger partial charge in [0.15, 0.2) is 0 Å². The number of carbonyl (C=O) groups is 1. The summed E-state index contributed by atoms with van der Waals surface area (Å²) in [6.45, 7) is 3.86. The largest absolute Gasteiger partial charge is 0.455 e. The minimum Gasteiger partial charge on any atom is -0.455 e. The third-order valence-electron chi connectivity index (χ3n) is 6.58. The molecular formula is C27H33ClN4O3. The van der Waals surface area contributed by atoms with Crippen molar-refractivity contribution in [3.05, 3.63) is 82.6 Å². The number of aliphatic hydroxyl groups is 1. The number of hydrogen-bond acceptors (Lipinski definition) is 6. The molecule has 1 aliphatic rings. The van der Waals surface area contributed by atoms with E-state index in [1.807, 2.05) is 30.3 Å². The molecule has 35 heavy (non-hydrogen) atoms. The zero-order valence-corrected chi connectivity index (χ0v) is 20.8. The Bertz CT molecular complexity index is 1070. The second-order valence-electron chi connectivity index (χ2n) is 9.13. The van der Waals surface area contributed by atoms with Gasteiger partial charge in [-0.1, -0.05) is 73.3 Å². The molecule has 1 saturated heterocycles. The first-order valence-corrected chi connectivity index (χ1v) is 12.7. The smallest absolute Gasteiger partial charge is 0.338 e. The average molecular weight is 497 g/mol. The van der Waals surface area contributed by atoms with Crippen LogP contribution in [0.25, 0.3) is 0 Å². The van der Waals surface area contributed by atoms with Crippen molar-refractivity contribution in [1.82, 2.24) is 19.9 Å². The minimum atomic E-state index is -0.580. The summed E-state index contributed by atoms with van der Waals surface area (Å²) in [5, 5.41) is 20.2. The van der Waals surface area contributed by atoms with Crippen molar-refractivity contribution in [2.75, 3.05) is 13.1 Å². The summed E-state index contributed by atoms with van der Waals surface area (Å²) in [5.41, 5.74) is 2.21. The van der Waals surface area contributed by atoms with Crippen molar-refractivity contribution in [1.29, 1.82) is 0 Å². The summed E-state index contributed by atoms with van der Waals surface area (Å²) in [4.78, 5) is 14.7. The number of rotatable bonds is 10. The fraction of sp³-hybridized carbons (Fsp3) is 0.444. The molecule has 0 radical (unpaired) electrons. The predicted octanol–water partition coefficient (Wildman–Crippen LogP) is 5.22. The first kappa shape index (κ1) is 25.4. The molecule has 7 nitrogen and oxygen atoms in total. The van der Waals surface area contributed by atoms with Gasteiger partial charge >= 0.3 is 5.97 Å². The SMILES string of the molecule is CCCCCCN1C[C@@H](n2cc(COC(=O)c3ccccc3)nn2)[C@H](O)C[C@@H]1c1ccc(Cl)cc1. The van der Waals surface area contributed by atoms with E-state index in [2.05, 4.69) is 22.1 Å². The highest BCUT2D eigenvalue weighted by molar-refractivity contribution is 6.30. The van der Waals surface area contributed by atoms with Crippen molar-refractivity contribution < 1.29 is 14.6 Å². The van der Waals surface area contributed by atoms with E-state index in [-0.39, 0.29) is 18.7 Å². The van der Waals surface area contributed by atoms with Gasteiger partial charge < -0.3 is 9.84 Å². The Morgan fingerprint density at radius 1 is 1.11 bits per heavy atom. The molecule has 1 fully saturated rings. The second-order valence-corrected chi connectivity index (χ2v) is 9.56. The quantitative estimate of drug-likeness (QED) is 0.306. The van der Waals surface area contributed by atoms with Gasteiger partial charge in [0.2, 0.25) is 0 Å². The Morgan fingerprint density at radius 3 is 2.63 bits per heavy atom. The zero-order chi connectivity index (χ0) is 24.6. The van der Waals surface area contributed by atoms with Crippen LogP contribution >= 0.6 is 11.6 Å². The van der Waals surface area contributed by atoms with Gasteiger partial charge in [-0.15, -0.1) is 5.10 Å². The van der Waals surface area contributed by atoms with Crippen LogP contribution in [0.1, 0.15) is 72.7 Å². The standard InChI is InChI=1S/C27H33ClN4O3/c1-2-3-4-8-15-31-18-25(26(33)16-24(31)20-11-13-22(28)14-12-20)32-17-23(29-30-32)19-35-27(34)21-9-6-5-7-10-21/h5-7,9-14,17,24-26,33H,2-4,8,15-16,18-19H2,1H3/t24-,25-,26-/m1/s1. The van der Waals surface area contributed by atoms with E-state index < -0.39 is 12.1 Å². The number of benzene rings is 2. The number of nitrogens with zero attached hydrogens (tertiary/aromatic N) is 4. The van der Waals surface area contributed by atoms with Gasteiger partial charge in [0, 0.05) is 17.6 Å². The van der Waals surface area contributed by atoms with Crippen LogP contribution in [0.3, 0.4) is 0 Å². The summed E-state index contributed by atoms with van der Waals surface area (Å²) < 4.78 is 7.10. The van der Waals surface area contributed by atoms with Crippen LogP contribution in [0.4, 0.5) is 0 Å². The molecule has 0 amide bonds. The van der Waals surface area contributed by atoms with Crippen LogP contribution in [0.5, 0.6) is 0 Å². The lowest BCUT2D eigenvalue weighted by Gasteiger charge is -2.42. The molecule has 1 aliphatic heterocycles. The normalized spacial score (nSPS) is 20.6. The molecule has 1 aromatic heterocycles. The van der Waals surface area contributed by atoms with E-state index in [9.17, 15) is 9.90 Å². The number of halogens is 1. The fourth-order valence-electron chi connectivity index (χ4n) is 4.64. The molecule has 0 unspecified atom stereocenters. The minimum absolute atomic E-state index is 0.0324. The van der Waals surface area contributed by atoms with Gasteiger partial charge in [-0.05, 0) is 49.2 Å². The molecule has 3 aromatic rings. The summed E-state index contributed by atoms with van der Waals surface area (Å²) in [7, 11) is 0. The number of piperidine rings is 1. The van der Waals surface area contributed by atoms with Gasteiger partial charge in [0.05, 0.1) is 23.9 Å².